The number of aromatic carboxylic acids is 1. The van der Waals surface area contributed by atoms with E-state index in [1.807, 2.05) is 6.92 Å². The van der Waals surface area contributed by atoms with Crippen molar-refractivity contribution < 1.29 is 14.3 Å². The van der Waals surface area contributed by atoms with Crippen LogP contribution in [0.5, 0.6) is 0 Å². The maximum atomic E-state index is 12.8. The van der Waals surface area contributed by atoms with Crippen LogP contribution in [-0.2, 0) is 0 Å². The molecule has 1 unspecified atom stereocenters. The number of benzene rings is 1. The van der Waals surface area contributed by atoms with Crippen molar-refractivity contribution in [1.82, 2.24) is 10.2 Å². The zero-order valence-electron chi connectivity index (χ0n) is 10.2. The fraction of sp³-hybridized carbons (Fsp3) is 0.154. The molecule has 0 amide bonds. The van der Waals surface area contributed by atoms with Gasteiger partial charge in [0.25, 0.3) is 0 Å². The van der Waals surface area contributed by atoms with Gasteiger partial charge in [-0.2, -0.15) is 5.10 Å². The number of aromatic nitrogens is 2. The SMILES string of the molecule is CC(Nc1nnccc1C(=O)O)c1ccc(F)cc1. The van der Waals surface area contributed by atoms with Crippen molar-refractivity contribution in [1.29, 1.82) is 0 Å². The molecular weight excluding hydrogens is 249 g/mol. The fourth-order valence-corrected chi connectivity index (χ4v) is 1.65. The highest BCUT2D eigenvalue weighted by atomic mass is 19.1. The summed E-state index contributed by atoms with van der Waals surface area (Å²) in [5.74, 6) is -1.21. The zero-order valence-corrected chi connectivity index (χ0v) is 10.2. The van der Waals surface area contributed by atoms with E-state index < -0.39 is 5.97 Å². The van der Waals surface area contributed by atoms with Crippen LogP contribution in [0.15, 0.2) is 36.5 Å². The Morgan fingerprint density at radius 1 is 1.32 bits per heavy atom. The third-order valence-corrected chi connectivity index (χ3v) is 2.67. The Hall–Kier alpha value is -2.50. The minimum absolute atomic E-state index is 0.0453. The van der Waals surface area contributed by atoms with Crippen molar-refractivity contribution in [3.05, 3.63) is 53.5 Å². The molecule has 0 bridgehead atoms. The summed E-state index contributed by atoms with van der Waals surface area (Å²) in [5, 5.41) is 19.4. The van der Waals surface area contributed by atoms with Crippen LogP contribution in [0.1, 0.15) is 28.9 Å². The summed E-state index contributed by atoms with van der Waals surface area (Å²) >= 11 is 0. The number of carboxylic acids is 1. The van der Waals surface area contributed by atoms with Gasteiger partial charge >= 0.3 is 5.97 Å². The Bertz CT molecular complexity index is 587. The van der Waals surface area contributed by atoms with Gasteiger partial charge in [0.05, 0.1) is 12.2 Å². The topological polar surface area (TPSA) is 75.1 Å². The third-order valence-electron chi connectivity index (χ3n) is 2.67. The summed E-state index contributed by atoms with van der Waals surface area (Å²) in [6.07, 6.45) is 1.32. The molecule has 0 spiro atoms. The zero-order chi connectivity index (χ0) is 13.8. The number of rotatable bonds is 4. The maximum absolute atomic E-state index is 12.8. The Morgan fingerprint density at radius 3 is 2.63 bits per heavy atom. The smallest absolute Gasteiger partial charge is 0.339 e. The number of nitrogens with one attached hydrogen (secondary N) is 1. The molecule has 0 radical (unpaired) electrons. The maximum Gasteiger partial charge on any atom is 0.339 e. The third kappa shape index (κ3) is 3.04. The lowest BCUT2D eigenvalue weighted by atomic mass is 10.1. The average Bonchev–Trinajstić information content (AvgIpc) is 2.39. The molecule has 0 saturated heterocycles. The molecule has 2 aromatic rings. The van der Waals surface area contributed by atoms with E-state index in [1.54, 1.807) is 12.1 Å². The summed E-state index contributed by atoms with van der Waals surface area (Å²) < 4.78 is 12.8. The van der Waals surface area contributed by atoms with Crippen LogP contribution in [0.3, 0.4) is 0 Å². The Labute approximate surface area is 109 Å². The van der Waals surface area contributed by atoms with Gasteiger partial charge < -0.3 is 10.4 Å². The van der Waals surface area contributed by atoms with Gasteiger partial charge in [-0.25, -0.2) is 9.18 Å². The quantitative estimate of drug-likeness (QED) is 0.884. The number of nitrogens with zero attached hydrogens (tertiary/aromatic N) is 2. The molecule has 2 N–H and O–H groups in total. The lowest BCUT2D eigenvalue weighted by molar-refractivity contribution is 0.0697. The van der Waals surface area contributed by atoms with Crippen molar-refractivity contribution in [2.45, 2.75) is 13.0 Å². The number of hydrogen-bond donors (Lipinski definition) is 2. The molecular formula is C13H12FN3O2. The molecule has 1 aromatic heterocycles. The summed E-state index contributed by atoms with van der Waals surface area (Å²) in [5.41, 5.74) is 0.868. The van der Waals surface area contributed by atoms with Crippen LogP contribution in [0, 0.1) is 5.82 Å². The van der Waals surface area contributed by atoms with Crippen molar-refractivity contribution in [2.24, 2.45) is 0 Å². The molecule has 2 rings (SSSR count). The molecule has 1 heterocycles. The van der Waals surface area contributed by atoms with Crippen LogP contribution in [0.4, 0.5) is 10.2 Å². The molecule has 98 valence electrons. The normalized spacial score (nSPS) is 11.9. The second kappa shape index (κ2) is 5.43. The Kier molecular flexibility index (Phi) is 3.70. The fourth-order valence-electron chi connectivity index (χ4n) is 1.65. The molecule has 0 fully saturated rings. The van der Waals surface area contributed by atoms with Crippen LogP contribution >= 0.6 is 0 Å². The van der Waals surface area contributed by atoms with E-state index in [0.717, 1.165) is 5.56 Å². The lowest BCUT2D eigenvalue weighted by Gasteiger charge is -2.15. The van der Waals surface area contributed by atoms with E-state index in [-0.39, 0.29) is 23.2 Å². The second-order valence-corrected chi connectivity index (χ2v) is 4.02. The molecule has 0 aliphatic rings. The first-order valence-corrected chi connectivity index (χ1v) is 5.65. The van der Waals surface area contributed by atoms with E-state index in [4.69, 9.17) is 5.11 Å². The molecule has 1 atom stereocenters. The van der Waals surface area contributed by atoms with Gasteiger partial charge in [0, 0.05) is 0 Å². The van der Waals surface area contributed by atoms with Crippen LogP contribution in [-0.4, -0.2) is 21.3 Å². The standard InChI is InChI=1S/C13H12FN3O2/c1-8(9-2-4-10(14)5-3-9)16-12-11(13(18)19)6-7-15-17-12/h2-8H,1H3,(H,16,17)(H,18,19). The van der Waals surface area contributed by atoms with E-state index in [9.17, 15) is 9.18 Å². The first-order valence-electron chi connectivity index (χ1n) is 5.65. The Morgan fingerprint density at radius 2 is 2.00 bits per heavy atom. The van der Waals surface area contributed by atoms with Crippen molar-refractivity contribution in [3.8, 4) is 0 Å². The van der Waals surface area contributed by atoms with Crippen LogP contribution in [0.2, 0.25) is 0 Å². The Balaban J connectivity index is 2.21. The average molecular weight is 261 g/mol. The van der Waals surface area contributed by atoms with Gasteiger partial charge in [-0.3, -0.25) is 0 Å². The number of halogens is 1. The van der Waals surface area contributed by atoms with Gasteiger partial charge in [0.15, 0.2) is 5.82 Å². The van der Waals surface area contributed by atoms with Gasteiger partial charge in [-0.05, 0) is 30.7 Å². The molecule has 6 heteroatoms. The molecule has 0 saturated carbocycles. The number of carboxylic acid groups (broad SMARTS) is 1. The van der Waals surface area contributed by atoms with Gasteiger partial charge in [0.2, 0.25) is 0 Å². The summed E-state index contributed by atoms with van der Waals surface area (Å²) in [6.45, 7) is 1.83. The lowest BCUT2D eigenvalue weighted by Crippen LogP contribution is -2.12. The summed E-state index contributed by atoms with van der Waals surface area (Å²) in [6, 6.07) is 7.11. The molecule has 1 aromatic carbocycles. The van der Waals surface area contributed by atoms with Crippen LogP contribution in [0.25, 0.3) is 0 Å². The van der Waals surface area contributed by atoms with E-state index in [1.165, 1.54) is 24.4 Å². The molecule has 0 aliphatic carbocycles. The number of carbonyl (C=O) groups is 1. The first kappa shape index (κ1) is 12.9. The van der Waals surface area contributed by atoms with Crippen molar-refractivity contribution in [2.75, 3.05) is 5.32 Å². The highest BCUT2D eigenvalue weighted by Crippen LogP contribution is 2.20. The van der Waals surface area contributed by atoms with E-state index in [2.05, 4.69) is 15.5 Å². The highest BCUT2D eigenvalue weighted by Gasteiger charge is 2.14. The van der Waals surface area contributed by atoms with Gasteiger partial charge in [-0.15, -0.1) is 5.10 Å². The monoisotopic (exact) mass is 261 g/mol. The molecule has 5 nitrogen and oxygen atoms in total. The van der Waals surface area contributed by atoms with E-state index >= 15 is 0 Å². The minimum Gasteiger partial charge on any atom is -0.478 e. The van der Waals surface area contributed by atoms with Gasteiger partial charge in [-0.1, -0.05) is 12.1 Å². The predicted octanol–water partition coefficient (Wildman–Crippen LogP) is 2.49. The summed E-state index contributed by atoms with van der Waals surface area (Å²) in [4.78, 5) is 11.0. The summed E-state index contributed by atoms with van der Waals surface area (Å²) in [7, 11) is 0. The predicted molar refractivity (Wildman–Crippen MR) is 67.4 cm³/mol. The first-order chi connectivity index (χ1) is 9.08. The molecule has 19 heavy (non-hydrogen) atoms. The van der Waals surface area contributed by atoms with E-state index in [0.29, 0.717) is 0 Å². The van der Waals surface area contributed by atoms with Crippen LogP contribution < -0.4 is 5.32 Å². The molecule has 0 aliphatic heterocycles. The number of anilines is 1. The minimum atomic E-state index is -1.08. The van der Waals surface area contributed by atoms with Gasteiger partial charge in [0.1, 0.15) is 11.4 Å². The van der Waals surface area contributed by atoms with Crippen molar-refractivity contribution >= 4 is 11.8 Å². The number of hydrogen-bond acceptors (Lipinski definition) is 4. The second-order valence-electron chi connectivity index (χ2n) is 4.02. The van der Waals surface area contributed by atoms with Crippen molar-refractivity contribution in [3.63, 3.8) is 0 Å². The largest absolute Gasteiger partial charge is 0.478 e. The highest BCUT2D eigenvalue weighted by molar-refractivity contribution is 5.92.